The molecule has 0 bridgehead atoms. The van der Waals surface area contributed by atoms with Gasteiger partial charge in [-0.25, -0.2) is 4.71 Å². The van der Waals surface area contributed by atoms with Gasteiger partial charge in [0.05, 0.1) is 12.2 Å². The van der Waals surface area contributed by atoms with E-state index in [1.54, 1.807) is 0 Å². The molecule has 0 atom stereocenters. The Balaban J connectivity index is 0.00000300. The number of rotatable bonds is 6. The molecule has 3 rings (SSSR count). The van der Waals surface area contributed by atoms with E-state index in [1.165, 1.54) is 17.0 Å². The number of anilines is 1. The van der Waals surface area contributed by atoms with Crippen LogP contribution in [0, 0.1) is 0 Å². The van der Waals surface area contributed by atoms with Crippen molar-refractivity contribution in [2.45, 2.75) is 24.1 Å². The second-order valence-electron chi connectivity index (χ2n) is 7.14. The van der Waals surface area contributed by atoms with E-state index >= 15 is 0 Å². The number of likely N-dealkylation sites (tertiary alicyclic amines) is 1. The average molecular weight is 608 g/mol. The molecule has 1 saturated heterocycles. The fourth-order valence-electron chi connectivity index (χ4n) is 3.05. The zero-order chi connectivity index (χ0) is 19.9. The molecule has 0 aromatic heterocycles. The number of aliphatic imine (C=N–C) groups is 2. The maximum Gasteiger partial charge on any atom is 0.0639 e. The number of hydrogen-bond donors (Lipinski definition) is 0. The molecule has 0 N–H and O–H groups in total. The molecule has 1 heterocycles. The summed E-state index contributed by atoms with van der Waals surface area (Å²) in [5.74, 6) is 0. The number of benzene rings is 2. The Morgan fingerprint density at radius 1 is 1.00 bits per heavy atom. The van der Waals surface area contributed by atoms with Crippen LogP contribution in [0.25, 0.3) is 0 Å². The third kappa shape index (κ3) is 7.63. The van der Waals surface area contributed by atoms with Crippen molar-refractivity contribution in [3.05, 3.63) is 59.7 Å². The van der Waals surface area contributed by atoms with E-state index in [9.17, 15) is 0 Å². The second-order valence-corrected chi connectivity index (χ2v) is 8.33. The molecular weight excluding hydrogens is 581 g/mol. The first-order valence-corrected chi connectivity index (χ1v) is 10.4. The van der Waals surface area contributed by atoms with Crippen LogP contribution in [-0.4, -0.2) is 48.7 Å². The van der Waals surface area contributed by atoms with Crippen LogP contribution in [0.4, 0.5) is 11.4 Å². The molecule has 0 spiro atoms. The van der Waals surface area contributed by atoms with Gasteiger partial charge in [0.25, 0.3) is 0 Å². The van der Waals surface area contributed by atoms with Gasteiger partial charge in [0.1, 0.15) is 0 Å². The van der Waals surface area contributed by atoms with E-state index in [2.05, 4.69) is 51.2 Å². The van der Waals surface area contributed by atoms with Crippen LogP contribution in [0.15, 0.2) is 58.5 Å². The second kappa shape index (κ2) is 12.0. The summed E-state index contributed by atoms with van der Waals surface area (Å²) >= 11 is 10.3. The Bertz CT molecular complexity index is 808. The maximum atomic E-state index is 5.15. The largest absolute Gasteiger partial charge is 0.800 e. The average Bonchev–Trinajstić information content (AvgIpc) is 2.72. The van der Waals surface area contributed by atoms with E-state index in [4.69, 9.17) is 30.2 Å². The summed E-state index contributed by atoms with van der Waals surface area (Å²) in [6.45, 7) is 2.58. The Hall–Kier alpha value is -1.02. The summed E-state index contributed by atoms with van der Waals surface area (Å²) in [7, 11) is 4.07. The molecule has 1 fully saturated rings. The zero-order valence-corrected chi connectivity index (χ0v) is 20.5. The Kier molecular flexibility index (Phi) is 10.0. The zero-order valence-electron chi connectivity index (χ0n) is 16.7. The van der Waals surface area contributed by atoms with Crippen molar-refractivity contribution >= 4 is 48.6 Å². The summed E-state index contributed by atoms with van der Waals surface area (Å²) in [5.41, 5.74) is 5.69. The molecule has 29 heavy (non-hydrogen) atoms. The Morgan fingerprint density at radius 2 is 1.62 bits per heavy atom. The van der Waals surface area contributed by atoms with Crippen LogP contribution in [0.3, 0.4) is 0 Å². The maximum absolute atomic E-state index is 5.15. The first-order valence-electron chi connectivity index (χ1n) is 9.49. The van der Waals surface area contributed by atoms with Crippen LogP contribution >= 0.6 is 0 Å². The molecule has 159 valence electrons. The normalized spacial score (nSPS) is 14.9. The van der Waals surface area contributed by atoms with Gasteiger partial charge in [-0.1, -0.05) is 24.3 Å². The van der Waals surface area contributed by atoms with Gasteiger partial charge in [-0.05, 0) is 61.3 Å². The predicted octanol–water partition coefficient (Wildman–Crippen LogP) is 3.91. The van der Waals surface area contributed by atoms with Crippen molar-refractivity contribution in [2.24, 2.45) is 9.98 Å². The molecule has 2 aromatic rings. The summed E-state index contributed by atoms with van der Waals surface area (Å²) in [5, 5.41) is 0. The standard InChI is InChI=1S/C22H28N4S2.Au/c1-25(2)21-9-5-18(6-10-21)16-23-19-7-3-17(4-8-19)15-24-20-11-13-26(14-12-20)22(27)28;/h3-10,16,22,27-28H,11-15H2,1-2H3;/p-2. The van der Waals surface area contributed by atoms with Crippen molar-refractivity contribution < 1.29 is 22.4 Å². The van der Waals surface area contributed by atoms with Crippen LogP contribution in [0.1, 0.15) is 24.0 Å². The van der Waals surface area contributed by atoms with Gasteiger partial charge in [-0.15, -0.1) is 0 Å². The molecule has 1 aliphatic rings. The predicted molar refractivity (Wildman–Crippen MR) is 125 cm³/mol. The summed E-state index contributed by atoms with van der Waals surface area (Å²) in [4.78, 5) is 13.6. The van der Waals surface area contributed by atoms with Gasteiger partial charge in [0.15, 0.2) is 0 Å². The SMILES string of the molecule is CN(C)c1ccc(C=Nc2ccc(CN=C3CCN(C([S-])[S-])CC3)cc2)cc1.[Au]. The van der Waals surface area contributed by atoms with E-state index < -0.39 is 0 Å². The molecule has 0 unspecified atom stereocenters. The van der Waals surface area contributed by atoms with E-state index in [0.29, 0.717) is 0 Å². The first kappa shape index (κ1) is 24.3. The van der Waals surface area contributed by atoms with Crippen LogP contribution in [0.2, 0.25) is 0 Å². The van der Waals surface area contributed by atoms with Gasteiger partial charge >= 0.3 is 0 Å². The molecule has 0 saturated carbocycles. The van der Waals surface area contributed by atoms with Crippen molar-refractivity contribution in [3.63, 3.8) is 0 Å². The molecule has 1 radical (unpaired) electrons. The molecule has 4 nitrogen and oxygen atoms in total. The minimum absolute atomic E-state index is 0. The number of nitrogens with zero attached hydrogens (tertiary/aromatic N) is 4. The molecule has 2 aromatic carbocycles. The molecule has 1 aliphatic heterocycles. The van der Waals surface area contributed by atoms with Crippen molar-refractivity contribution in [3.8, 4) is 0 Å². The summed E-state index contributed by atoms with van der Waals surface area (Å²) in [6, 6.07) is 16.6. The summed E-state index contributed by atoms with van der Waals surface area (Å²) < 4.78 is -0.194. The van der Waals surface area contributed by atoms with Gasteiger partial charge in [0.2, 0.25) is 0 Å². The molecule has 0 amide bonds. The minimum atomic E-state index is -0.194. The van der Waals surface area contributed by atoms with Crippen molar-refractivity contribution in [1.29, 1.82) is 0 Å². The van der Waals surface area contributed by atoms with Gasteiger partial charge in [0, 0.05) is 54.1 Å². The Labute approximate surface area is 200 Å². The van der Waals surface area contributed by atoms with Crippen LogP contribution in [-0.2, 0) is 54.2 Å². The smallest absolute Gasteiger partial charge is 0.0639 e. The van der Waals surface area contributed by atoms with E-state index in [1.807, 2.05) is 32.4 Å². The molecule has 0 aliphatic carbocycles. The van der Waals surface area contributed by atoms with Crippen molar-refractivity contribution in [2.75, 3.05) is 32.1 Å². The van der Waals surface area contributed by atoms with Gasteiger partial charge in [-0.2, -0.15) is 0 Å². The van der Waals surface area contributed by atoms with Gasteiger partial charge < -0.3 is 35.1 Å². The third-order valence-corrected chi connectivity index (χ3v) is 5.46. The minimum Gasteiger partial charge on any atom is -0.800 e. The first-order chi connectivity index (χ1) is 13.5. The quantitative estimate of drug-likeness (QED) is 0.283. The Morgan fingerprint density at radius 3 is 2.17 bits per heavy atom. The topological polar surface area (TPSA) is 31.2 Å². The van der Waals surface area contributed by atoms with Crippen molar-refractivity contribution in [1.82, 2.24) is 4.90 Å². The van der Waals surface area contributed by atoms with Crippen LogP contribution < -0.4 is 4.90 Å². The van der Waals surface area contributed by atoms with Gasteiger partial charge in [-0.3, -0.25) is 9.98 Å². The molecular formula is C22H26AuN4S2-2. The van der Waals surface area contributed by atoms with E-state index in [0.717, 1.165) is 43.7 Å². The fraction of sp³-hybridized carbons (Fsp3) is 0.364. The number of hydrogen-bond acceptors (Lipinski definition) is 6. The fourth-order valence-corrected chi connectivity index (χ4v) is 3.47. The third-order valence-electron chi connectivity index (χ3n) is 4.87. The molecule has 7 heteroatoms. The van der Waals surface area contributed by atoms with E-state index in [-0.39, 0.29) is 27.1 Å². The number of piperidine rings is 1. The van der Waals surface area contributed by atoms with Crippen LogP contribution in [0.5, 0.6) is 0 Å². The summed E-state index contributed by atoms with van der Waals surface area (Å²) in [6.07, 6.45) is 3.84. The monoisotopic (exact) mass is 607 g/mol.